The quantitative estimate of drug-likeness (QED) is 0.597. The maximum absolute atomic E-state index is 5.94. The van der Waals surface area contributed by atoms with Crippen LogP contribution in [0.3, 0.4) is 0 Å². The topological polar surface area (TPSA) is 116 Å². The van der Waals surface area contributed by atoms with Crippen molar-refractivity contribution in [3.05, 3.63) is 30.3 Å². The summed E-state index contributed by atoms with van der Waals surface area (Å²) in [5.41, 5.74) is 14.2. The Morgan fingerprint density at radius 1 is 0.958 bits per heavy atom. The summed E-state index contributed by atoms with van der Waals surface area (Å²) in [4.78, 5) is 17.4. The van der Waals surface area contributed by atoms with Crippen molar-refractivity contribution in [3.63, 3.8) is 0 Å². The second-order valence-electron chi connectivity index (χ2n) is 5.56. The van der Waals surface area contributed by atoms with Crippen LogP contribution in [0.25, 0.3) is 22.4 Å². The number of hydrogen-bond acceptors (Lipinski definition) is 7. The Hall–Kier alpha value is -2.96. The van der Waals surface area contributed by atoms with Crippen molar-refractivity contribution in [2.75, 3.05) is 23.3 Å². The van der Waals surface area contributed by atoms with E-state index in [0.717, 1.165) is 37.1 Å². The Kier molecular flexibility index (Phi) is 4.69. The Balaban J connectivity index is 2.07. The molecule has 3 aromatic rings. The zero-order valence-electron chi connectivity index (χ0n) is 13.7. The van der Waals surface area contributed by atoms with E-state index in [1.807, 2.05) is 30.3 Å². The fourth-order valence-corrected chi connectivity index (χ4v) is 2.49. The van der Waals surface area contributed by atoms with Gasteiger partial charge in [0.2, 0.25) is 5.95 Å². The van der Waals surface area contributed by atoms with Crippen LogP contribution in [0.1, 0.15) is 26.2 Å². The molecular weight excluding hydrogens is 302 g/mol. The number of hydrogen-bond donors (Lipinski definition) is 3. The summed E-state index contributed by atoms with van der Waals surface area (Å²) in [5, 5.41) is 3.36. The molecule has 7 nitrogen and oxygen atoms in total. The fourth-order valence-electron chi connectivity index (χ4n) is 2.49. The van der Waals surface area contributed by atoms with Crippen molar-refractivity contribution >= 4 is 28.7 Å². The molecule has 24 heavy (non-hydrogen) atoms. The van der Waals surface area contributed by atoms with E-state index in [-0.39, 0.29) is 11.8 Å². The molecule has 0 fully saturated rings. The molecule has 0 aliphatic carbocycles. The number of benzene rings is 1. The number of anilines is 3. The van der Waals surface area contributed by atoms with Crippen LogP contribution >= 0.6 is 0 Å². The highest BCUT2D eigenvalue weighted by atomic mass is 15.1. The number of fused-ring (bicyclic) bond motifs is 1. The third-order valence-electron chi connectivity index (χ3n) is 3.70. The van der Waals surface area contributed by atoms with Gasteiger partial charge in [0.25, 0.3) is 0 Å². The summed E-state index contributed by atoms with van der Waals surface area (Å²) >= 11 is 0. The number of unbranched alkanes of at least 4 members (excludes halogenated alkanes) is 2. The van der Waals surface area contributed by atoms with Crippen LogP contribution in [0, 0.1) is 0 Å². The highest BCUT2D eigenvalue weighted by Gasteiger charge is 2.14. The molecule has 0 amide bonds. The number of aromatic nitrogens is 4. The number of nitrogen functional groups attached to an aromatic ring is 2. The normalized spacial score (nSPS) is 10.9. The van der Waals surface area contributed by atoms with Crippen molar-refractivity contribution in [2.24, 2.45) is 0 Å². The lowest BCUT2D eigenvalue weighted by Gasteiger charge is -2.12. The van der Waals surface area contributed by atoms with Crippen molar-refractivity contribution in [1.82, 2.24) is 19.9 Å². The summed E-state index contributed by atoms with van der Waals surface area (Å²) < 4.78 is 0. The fraction of sp³-hybridized carbons (Fsp3) is 0.294. The molecule has 0 saturated carbocycles. The van der Waals surface area contributed by atoms with Crippen molar-refractivity contribution in [3.8, 4) is 11.3 Å². The lowest BCUT2D eigenvalue weighted by atomic mass is 10.1. The van der Waals surface area contributed by atoms with Gasteiger partial charge in [-0.3, -0.25) is 0 Å². The summed E-state index contributed by atoms with van der Waals surface area (Å²) in [6.45, 7) is 3.00. The van der Waals surface area contributed by atoms with Crippen LogP contribution in [0.15, 0.2) is 30.3 Å². The van der Waals surface area contributed by atoms with E-state index in [1.165, 1.54) is 0 Å². The van der Waals surface area contributed by atoms with Gasteiger partial charge in [-0.2, -0.15) is 9.97 Å². The monoisotopic (exact) mass is 323 g/mol. The van der Waals surface area contributed by atoms with E-state index in [4.69, 9.17) is 11.5 Å². The maximum Gasteiger partial charge on any atom is 0.224 e. The Morgan fingerprint density at radius 3 is 2.50 bits per heavy atom. The molecular formula is C17H21N7. The second kappa shape index (κ2) is 7.08. The smallest absolute Gasteiger partial charge is 0.224 e. The third kappa shape index (κ3) is 3.34. The van der Waals surface area contributed by atoms with Gasteiger partial charge in [0.1, 0.15) is 5.69 Å². The van der Waals surface area contributed by atoms with Gasteiger partial charge in [0, 0.05) is 12.1 Å². The predicted molar refractivity (Wildman–Crippen MR) is 97.4 cm³/mol. The van der Waals surface area contributed by atoms with Crippen LogP contribution < -0.4 is 16.8 Å². The highest BCUT2D eigenvalue weighted by molar-refractivity contribution is 5.87. The molecule has 0 aliphatic rings. The third-order valence-corrected chi connectivity index (χ3v) is 3.70. The van der Waals surface area contributed by atoms with Gasteiger partial charge >= 0.3 is 0 Å². The molecule has 0 spiro atoms. The summed E-state index contributed by atoms with van der Waals surface area (Å²) in [7, 11) is 0. The predicted octanol–water partition coefficient (Wildman–Crippen LogP) is 2.85. The maximum atomic E-state index is 5.94. The molecule has 5 N–H and O–H groups in total. The van der Waals surface area contributed by atoms with Crippen LogP contribution in [0.5, 0.6) is 0 Å². The number of nitrogens with zero attached hydrogens (tertiary/aromatic N) is 4. The zero-order valence-corrected chi connectivity index (χ0v) is 13.7. The molecule has 124 valence electrons. The molecule has 1 aromatic carbocycles. The van der Waals surface area contributed by atoms with Crippen molar-refractivity contribution in [2.45, 2.75) is 26.2 Å². The van der Waals surface area contributed by atoms with Crippen LogP contribution in [0.2, 0.25) is 0 Å². The summed E-state index contributed by atoms with van der Waals surface area (Å²) in [6, 6.07) is 9.86. The molecule has 0 radical (unpaired) electrons. The molecule has 0 atom stereocenters. The Bertz CT molecular complexity index is 833. The SMILES string of the molecule is CCCCCNc1nc2nc(N)nc(N)c2nc1-c1ccccc1. The lowest BCUT2D eigenvalue weighted by Crippen LogP contribution is -2.09. The van der Waals surface area contributed by atoms with Gasteiger partial charge in [-0.05, 0) is 6.42 Å². The minimum Gasteiger partial charge on any atom is -0.382 e. The Morgan fingerprint density at radius 2 is 1.75 bits per heavy atom. The molecule has 3 rings (SSSR count). The molecule has 0 bridgehead atoms. The molecule has 2 heterocycles. The lowest BCUT2D eigenvalue weighted by molar-refractivity contribution is 0.742. The Labute approximate surface area is 140 Å². The van der Waals surface area contributed by atoms with E-state index >= 15 is 0 Å². The summed E-state index contributed by atoms with van der Waals surface area (Å²) in [6.07, 6.45) is 3.39. The van der Waals surface area contributed by atoms with Crippen LogP contribution in [0.4, 0.5) is 17.6 Å². The molecule has 0 aliphatic heterocycles. The van der Waals surface area contributed by atoms with Gasteiger partial charge in [-0.25, -0.2) is 9.97 Å². The van der Waals surface area contributed by atoms with Crippen molar-refractivity contribution < 1.29 is 0 Å². The van der Waals surface area contributed by atoms with Gasteiger partial charge in [0.15, 0.2) is 22.8 Å². The van der Waals surface area contributed by atoms with Crippen LogP contribution in [-0.4, -0.2) is 26.5 Å². The molecule has 0 unspecified atom stereocenters. The number of rotatable bonds is 6. The first-order chi connectivity index (χ1) is 11.7. The van der Waals surface area contributed by atoms with E-state index in [0.29, 0.717) is 17.0 Å². The standard InChI is InChI=1S/C17H21N7/c1-2-3-7-10-20-15-12(11-8-5-4-6-9-11)21-13-14(18)22-17(19)24-16(13)23-15/h4-6,8-9H,2-3,7,10H2,1H3,(H5,18,19,20,22,23,24). The largest absolute Gasteiger partial charge is 0.382 e. The summed E-state index contributed by atoms with van der Waals surface area (Å²) in [5.74, 6) is 1.01. The van der Waals surface area contributed by atoms with E-state index in [9.17, 15) is 0 Å². The van der Waals surface area contributed by atoms with Gasteiger partial charge in [0.05, 0.1) is 0 Å². The number of nitrogens with two attached hydrogens (primary N) is 2. The van der Waals surface area contributed by atoms with E-state index in [2.05, 4.69) is 32.2 Å². The van der Waals surface area contributed by atoms with E-state index in [1.54, 1.807) is 0 Å². The van der Waals surface area contributed by atoms with Gasteiger partial charge < -0.3 is 16.8 Å². The molecule has 2 aromatic heterocycles. The average Bonchev–Trinajstić information content (AvgIpc) is 2.59. The van der Waals surface area contributed by atoms with Crippen LogP contribution in [-0.2, 0) is 0 Å². The van der Waals surface area contributed by atoms with Crippen molar-refractivity contribution in [1.29, 1.82) is 0 Å². The molecule has 7 heteroatoms. The average molecular weight is 323 g/mol. The number of nitrogens with one attached hydrogen (secondary N) is 1. The highest BCUT2D eigenvalue weighted by Crippen LogP contribution is 2.28. The first-order valence-electron chi connectivity index (χ1n) is 8.09. The zero-order chi connectivity index (χ0) is 16.9. The van der Waals surface area contributed by atoms with E-state index < -0.39 is 0 Å². The second-order valence-corrected chi connectivity index (χ2v) is 5.56. The van der Waals surface area contributed by atoms with Gasteiger partial charge in [-0.15, -0.1) is 0 Å². The van der Waals surface area contributed by atoms with Gasteiger partial charge in [-0.1, -0.05) is 50.1 Å². The first-order valence-corrected chi connectivity index (χ1v) is 8.09. The molecule has 0 saturated heterocycles. The first kappa shape index (κ1) is 15.9. The minimum atomic E-state index is 0.0960. The minimum absolute atomic E-state index is 0.0960.